The number of carboxylic acids is 1. The molecule has 1 amide bonds. The van der Waals surface area contributed by atoms with E-state index in [0.717, 1.165) is 24.3 Å². The van der Waals surface area contributed by atoms with Gasteiger partial charge in [-0.25, -0.2) is 4.79 Å². The summed E-state index contributed by atoms with van der Waals surface area (Å²) in [5.41, 5.74) is 0.543. The summed E-state index contributed by atoms with van der Waals surface area (Å²) >= 11 is 1.83. The van der Waals surface area contributed by atoms with Crippen LogP contribution in [0.1, 0.15) is 24.4 Å². The highest BCUT2D eigenvalue weighted by Gasteiger charge is 2.27. The molecule has 1 heterocycles. The maximum atomic E-state index is 12.2. The van der Waals surface area contributed by atoms with Crippen molar-refractivity contribution in [1.82, 2.24) is 5.32 Å². The summed E-state index contributed by atoms with van der Waals surface area (Å²) in [4.78, 5) is 23.6. The minimum absolute atomic E-state index is 0.0775. The third-order valence-electron chi connectivity index (χ3n) is 3.57. The first-order valence-electron chi connectivity index (χ1n) is 6.86. The van der Waals surface area contributed by atoms with Gasteiger partial charge in [0, 0.05) is 5.92 Å². The van der Waals surface area contributed by atoms with E-state index in [-0.39, 0.29) is 11.8 Å². The molecule has 1 aromatic carbocycles. The zero-order valence-electron chi connectivity index (χ0n) is 11.9. The van der Waals surface area contributed by atoms with Gasteiger partial charge in [0.25, 0.3) is 0 Å². The minimum Gasteiger partial charge on any atom is -0.497 e. The predicted molar refractivity (Wildman–Crippen MR) is 81.6 cm³/mol. The van der Waals surface area contributed by atoms with Crippen molar-refractivity contribution < 1.29 is 19.4 Å². The van der Waals surface area contributed by atoms with Gasteiger partial charge in [-0.05, 0) is 42.0 Å². The highest BCUT2D eigenvalue weighted by molar-refractivity contribution is 7.99. The lowest BCUT2D eigenvalue weighted by Crippen LogP contribution is -2.38. The smallest absolute Gasteiger partial charge is 0.330 e. The quantitative estimate of drug-likeness (QED) is 0.871. The van der Waals surface area contributed by atoms with Crippen LogP contribution in [0.5, 0.6) is 5.75 Å². The van der Waals surface area contributed by atoms with Gasteiger partial charge in [-0.3, -0.25) is 4.79 Å². The maximum absolute atomic E-state index is 12.2. The standard InChI is InChI=1S/C15H19NO4S/c1-20-12-4-2-10(3-5-12)13(15(18)19)16-14(17)11-6-8-21-9-7-11/h2-5,11,13H,6-9H2,1H3,(H,16,17)(H,18,19). The van der Waals surface area contributed by atoms with Gasteiger partial charge >= 0.3 is 5.97 Å². The Labute approximate surface area is 128 Å². The summed E-state index contributed by atoms with van der Waals surface area (Å²) in [6.45, 7) is 0. The number of rotatable bonds is 5. The van der Waals surface area contributed by atoms with E-state index in [1.54, 1.807) is 31.4 Å². The van der Waals surface area contributed by atoms with Gasteiger partial charge < -0.3 is 15.2 Å². The molecule has 21 heavy (non-hydrogen) atoms. The zero-order valence-corrected chi connectivity index (χ0v) is 12.7. The maximum Gasteiger partial charge on any atom is 0.330 e. The van der Waals surface area contributed by atoms with Crippen LogP contribution in [-0.4, -0.2) is 35.6 Å². The molecular weight excluding hydrogens is 290 g/mol. The Morgan fingerprint density at radius 3 is 2.43 bits per heavy atom. The number of nitrogens with one attached hydrogen (secondary N) is 1. The molecule has 1 atom stereocenters. The van der Waals surface area contributed by atoms with Crippen molar-refractivity contribution in [3.05, 3.63) is 29.8 Å². The number of aliphatic carboxylic acids is 1. The molecule has 1 unspecified atom stereocenters. The molecule has 0 aliphatic carbocycles. The van der Waals surface area contributed by atoms with Gasteiger partial charge in [-0.15, -0.1) is 0 Å². The van der Waals surface area contributed by atoms with Crippen molar-refractivity contribution in [2.24, 2.45) is 5.92 Å². The van der Waals surface area contributed by atoms with Gasteiger partial charge in [0.15, 0.2) is 6.04 Å². The van der Waals surface area contributed by atoms with Gasteiger partial charge in [0.2, 0.25) is 5.91 Å². The molecule has 0 saturated carbocycles. The van der Waals surface area contributed by atoms with E-state index in [2.05, 4.69) is 5.32 Å². The van der Waals surface area contributed by atoms with Crippen LogP contribution in [0, 0.1) is 5.92 Å². The molecule has 1 fully saturated rings. The molecule has 1 saturated heterocycles. The Kier molecular flexibility index (Phi) is 5.50. The van der Waals surface area contributed by atoms with Crippen LogP contribution in [0.15, 0.2) is 24.3 Å². The van der Waals surface area contributed by atoms with Crippen LogP contribution in [0.4, 0.5) is 0 Å². The Balaban J connectivity index is 2.07. The molecule has 0 bridgehead atoms. The fraction of sp³-hybridized carbons (Fsp3) is 0.467. The average molecular weight is 309 g/mol. The topological polar surface area (TPSA) is 75.6 Å². The monoisotopic (exact) mass is 309 g/mol. The number of carbonyl (C=O) groups is 2. The van der Waals surface area contributed by atoms with Crippen molar-refractivity contribution in [1.29, 1.82) is 0 Å². The minimum atomic E-state index is -1.06. The summed E-state index contributed by atoms with van der Waals surface area (Å²) in [6, 6.07) is 5.69. The molecule has 2 rings (SSSR count). The van der Waals surface area contributed by atoms with E-state index in [1.807, 2.05) is 11.8 Å². The van der Waals surface area contributed by atoms with Crippen LogP contribution in [0.2, 0.25) is 0 Å². The molecular formula is C15H19NO4S. The Hall–Kier alpha value is -1.69. The lowest BCUT2D eigenvalue weighted by molar-refractivity contribution is -0.142. The van der Waals surface area contributed by atoms with Crippen LogP contribution in [0.25, 0.3) is 0 Å². The van der Waals surface area contributed by atoms with Gasteiger partial charge in [-0.2, -0.15) is 11.8 Å². The van der Waals surface area contributed by atoms with Gasteiger partial charge in [-0.1, -0.05) is 12.1 Å². The summed E-state index contributed by atoms with van der Waals surface area (Å²) in [6.07, 6.45) is 1.62. The number of carboxylic acid groups (broad SMARTS) is 1. The molecule has 0 spiro atoms. The summed E-state index contributed by atoms with van der Waals surface area (Å²) in [7, 11) is 1.55. The molecule has 114 valence electrons. The van der Waals surface area contributed by atoms with Crippen molar-refractivity contribution in [3.8, 4) is 5.75 Å². The third-order valence-corrected chi connectivity index (χ3v) is 4.62. The molecule has 2 N–H and O–H groups in total. The van der Waals surface area contributed by atoms with Crippen LogP contribution >= 0.6 is 11.8 Å². The largest absolute Gasteiger partial charge is 0.497 e. The average Bonchev–Trinajstić information content (AvgIpc) is 2.53. The number of methoxy groups -OCH3 is 1. The van der Waals surface area contributed by atoms with Crippen LogP contribution in [-0.2, 0) is 9.59 Å². The normalized spacial score (nSPS) is 17.0. The zero-order chi connectivity index (χ0) is 15.2. The first kappa shape index (κ1) is 15.7. The first-order valence-corrected chi connectivity index (χ1v) is 8.02. The van der Waals surface area contributed by atoms with E-state index in [1.165, 1.54) is 0 Å². The van der Waals surface area contributed by atoms with Crippen molar-refractivity contribution >= 4 is 23.6 Å². The number of ether oxygens (including phenoxy) is 1. The first-order chi connectivity index (χ1) is 10.1. The van der Waals surface area contributed by atoms with Crippen molar-refractivity contribution in [2.45, 2.75) is 18.9 Å². The number of thioether (sulfide) groups is 1. The van der Waals surface area contributed by atoms with E-state index in [0.29, 0.717) is 11.3 Å². The molecule has 1 aliphatic rings. The third kappa shape index (κ3) is 4.14. The molecule has 6 heteroatoms. The number of benzene rings is 1. The fourth-order valence-corrected chi connectivity index (χ4v) is 3.41. The Morgan fingerprint density at radius 2 is 1.90 bits per heavy atom. The summed E-state index contributed by atoms with van der Waals surface area (Å²) in [5, 5.41) is 12.0. The highest BCUT2D eigenvalue weighted by Crippen LogP contribution is 2.24. The number of hydrogen-bond donors (Lipinski definition) is 2. The Bertz CT molecular complexity index is 497. The van der Waals surface area contributed by atoms with E-state index in [4.69, 9.17) is 4.74 Å². The second kappa shape index (κ2) is 7.36. The van der Waals surface area contributed by atoms with Crippen molar-refractivity contribution in [2.75, 3.05) is 18.6 Å². The van der Waals surface area contributed by atoms with Crippen molar-refractivity contribution in [3.63, 3.8) is 0 Å². The lowest BCUT2D eigenvalue weighted by atomic mass is 10.00. The van der Waals surface area contributed by atoms with E-state index < -0.39 is 12.0 Å². The number of amides is 1. The molecule has 0 aromatic heterocycles. The lowest BCUT2D eigenvalue weighted by Gasteiger charge is -2.23. The summed E-state index contributed by atoms with van der Waals surface area (Å²) in [5.74, 6) is 1.26. The van der Waals surface area contributed by atoms with E-state index in [9.17, 15) is 14.7 Å². The van der Waals surface area contributed by atoms with Crippen LogP contribution in [0.3, 0.4) is 0 Å². The van der Waals surface area contributed by atoms with E-state index >= 15 is 0 Å². The van der Waals surface area contributed by atoms with Gasteiger partial charge in [0.1, 0.15) is 5.75 Å². The summed E-state index contributed by atoms with van der Waals surface area (Å²) < 4.78 is 5.05. The molecule has 0 radical (unpaired) electrons. The second-order valence-electron chi connectivity index (χ2n) is 4.94. The molecule has 1 aliphatic heterocycles. The highest BCUT2D eigenvalue weighted by atomic mass is 32.2. The fourth-order valence-electron chi connectivity index (χ4n) is 2.30. The number of hydrogen-bond acceptors (Lipinski definition) is 4. The predicted octanol–water partition coefficient (Wildman–Crippen LogP) is 2.08. The van der Waals surface area contributed by atoms with Crippen LogP contribution < -0.4 is 10.1 Å². The Morgan fingerprint density at radius 1 is 1.29 bits per heavy atom. The number of carbonyl (C=O) groups excluding carboxylic acids is 1. The molecule has 1 aromatic rings. The second-order valence-corrected chi connectivity index (χ2v) is 6.16. The SMILES string of the molecule is COc1ccc(C(NC(=O)C2CCSCC2)C(=O)O)cc1. The molecule has 5 nitrogen and oxygen atoms in total. The van der Waals surface area contributed by atoms with Gasteiger partial charge in [0.05, 0.1) is 7.11 Å².